The van der Waals surface area contributed by atoms with Gasteiger partial charge in [-0.1, -0.05) is 32.0 Å². The Labute approximate surface area is 243 Å². The maximum atomic E-state index is 13.8. The number of nitrogens with zero attached hydrogens (tertiary/aromatic N) is 6. The normalized spacial score (nSPS) is 15.5. The molecule has 1 amide bonds. The Morgan fingerprint density at radius 2 is 1.86 bits per heavy atom. The number of ether oxygens (including phenoxy) is 1. The molecule has 0 aliphatic carbocycles. The number of amides is 1. The summed E-state index contributed by atoms with van der Waals surface area (Å²) in [4.78, 5) is 37.4. The number of para-hydroxylation sites is 1. The van der Waals surface area contributed by atoms with Crippen molar-refractivity contribution >= 4 is 22.9 Å². The summed E-state index contributed by atoms with van der Waals surface area (Å²) < 4.78 is 8.89. The maximum absolute atomic E-state index is 13.8. The molecule has 0 spiro atoms. The maximum Gasteiger partial charge on any atom is 0.335 e. The first-order valence-corrected chi connectivity index (χ1v) is 13.8. The van der Waals surface area contributed by atoms with Crippen LogP contribution in [0.1, 0.15) is 34.1 Å². The Balaban J connectivity index is 1.43. The predicted molar refractivity (Wildman–Crippen MR) is 160 cm³/mol. The first-order valence-electron chi connectivity index (χ1n) is 13.8. The van der Waals surface area contributed by atoms with E-state index in [1.807, 2.05) is 58.0 Å². The van der Waals surface area contributed by atoms with Crippen LogP contribution in [0, 0.1) is 11.3 Å². The number of carbonyl (C=O) groups is 1. The van der Waals surface area contributed by atoms with Gasteiger partial charge in [0.15, 0.2) is 11.5 Å². The van der Waals surface area contributed by atoms with E-state index in [1.165, 1.54) is 15.5 Å². The van der Waals surface area contributed by atoms with Crippen molar-refractivity contribution in [2.75, 3.05) is 12.3 Å². The highest BCUT2D eigenvalue weighted by Crippen LogP contribution is 2.27. The molecule has 1 fully saturated rings. The van der Waals surface area contributed by atoms with Gasteiger partial charge in [0.25, 0.3) is 5.91 Å². The summed E-state index contributed by atoms with van der Waals surface area (Å²) in [5, 5.41) is 13.1. The van der Waals surface area contributed by atoms with Gasteiger partial charge in [0, 0.05) is 24.7 Å². The molecule has 0 radical (unpaired) electrons. The average molecular weight is 567 g/mol. The summed E-state index contributed by atoms with van der Waals surface area (Å²) in [6.45, 7) is 8.55. The Hall–Kier alpha value is -4.95. The number of nitrogens with two attached hydrogens (primary N) is 1. The number of benzene rings is 2. The van der Waals surface area contributed by atoms with Crippen LogP contribution in [0.2, 0.25) is 0 Å². The zero-order chi connectivity index (χ0) is 30.0. The van der Waals surface area contributed by atoms with Gasteiger partial charge < -0.3 is 20.7 Å². The third-order valence-electron chi connectivity index (χ3n) is 7.12. The molecular formula is C31H34N8O3. The molecule has 4 aromatic rings. The lowest BCUT2D eigenvalue weighted by Gasteiger charge is -2.41. The molecule has 11 nitrogen and oxygen atoms in total. The Morgan fingerprint density at radius 3 is 2.48 bits per heavy atom. The highest BCUT2D eigenvalue weighted by atomic mass is 16.5. The number of nitriles is 1. The second-order valence-corrected chi connectivity index (χ2v) is 11.2. The van der Waals surface area contributed by atoms with Gasteiger partial charge in [0.2, 0.25) is 0 Å². The lowest BCUT2D eigenvalue weighted by atomic mass is 9.97. The number of rotatable bonds is 9. The smallest absolute Gasteiger partial charge is 0.335 e. The van der Waals surface area contributed by atoms with Crippen molar-refractivity contribution in [3.8, 4) is 23.3 Å². The standard InChI is InChI=1S/C31H34N8O3/c1-20(2)36-31(3,4)16-21(17-32)29(40)37-15-14-23(37)18-38-28-26(27(33)34-19-35-28)39(30(38)41)22-10-12-25(13-11-22)42-24-8-6-5-7-9-24/h5-13,16,19-20,23,36H,14-15,18H2,1-4H3,(H2,33,34,35)/b21-16-/t23-/m0/s1. The minimum absolute atomic E-state index is 0.0667. The molecule has 2 aromatic heterocycles. The fraction of sp³-hybridized carbons (Fsp3) is 0.323. The van der Waals surface area contributed by atoms with Crippen molar-refractivity contribution in [2.45, 2.75) is 58.3 Å². The molecule has 2 aromatic carbocycles. The van der Waals surface area contributed by atoms with Gasteiger partial charge in [-0.25, -0.2) is 14.8 Å². The van der Waals surface area contributed by atoms with Crippen molar-refractivity contribution in [3.63, 3.8) is 0 Å². The average Bonchev–Trinajstić information content (AvgIpc) is 3.22. The van der Waals surface area contributed by atoms with Crippen LogP contribution < -0.4 is 21.5 Å². The minimum atomic E-state index is -0.546. The third kappa shape index (κ3) is 5.75. The van der Waals surface area contributed by atoms with Crippen LogP contribution in [0.25, 0.3) is 16.9 Å². The van der Waals surface area contributed by atoms with E-state index in [9.17, 15) is 14.9 Å². The van der Waals surface area contributed by atoms with Crippen LogP contribution in [-0.2, 0) is 11.3 Å². The Kier molecular flexibility index (Phi) is 7.83. The molecular weight excluding hydrogens is 532 g/mol. The van der Waals surface area contributed by atoms with Crippen molar-refractivity contribution < 1.29 is 9.53 Å². The molecule has 1 atom stereocenters. The zero-order valence-corrected chi connectivity index (χ0v) is 24.1. The number of nitrogens with one attached hydrogen (secondary N) is 1. The molecule has 0 unspecified atom stereocenters. The molecule has 3 N–H and O–H groups in total. The van der Waals surface area contributed by atoms with Gasteiger partial charge in [-0.05, 0) is 62.7 Å². The Bertz CT molecular complexity index is 1730. The van der Waals surface area contributed by atoms with Gasteiger partial charge in [-0.3, -0.25) is 13.9 Å². The van der Waals surface area contributed by atoms with E-state index in [-0.39, 0.29) is 41.6 Å². The summed E-state index contributed by atoms with van der Waals surface area (Å²) in [6.07, 6.45) is 3.67. The topological polar surface area (TPSA) is 144 Å². The van der Waals surface area contributed by atoms with E-state index in [1.54, 1.807) is 35.2 Å². The quantitative estimate of drug-likeness (QED) is 0.230. The van der Waals surface area contributed by atoms with E-state index in [0.717, 1.165) is 0 Å². The van der Waals surface area contributed by atoms with E-state index >= 15 is 0 Å². The summed E-state index contributed by atoms with van der Waals surface area (Å²) in [6, 6.07) is 18.4. The molecule has 42 heavy (non-hydrogen) atoms. The monoisotopic (exact) mass is 566 g/mol. The van der Waals surface area contributed by atoms with Crippen LogP contribution in [0.4, 0.5) is 5.82 Å². The summed E-state index contributed by atoms with van der Waals surface area (Å²) >= 11 is 0. The zero-order valence-electron chi connectivity index (χ0n) is 24.1. The third-order valence-corrected chi connectivity index (χ3v) is 7.12. The molecule has 0 bridgehead atoms. The first kappa shape index (κ1) is 28.6. The number of hydrogen-bond donors (Lipinski definition) is 2. The van der Waals surface area contributed by atoms with E-state index < -0.39 is 5.54 Å². The fourth-order valence-corrected chi connectivity index (χ4v) is 5.35. The van der Waals surface area contributed by atoms with E-state index in [2.05, 4.69) is 21.4 Å². The second-order valence-electron chi connectivity index (χ2n) is 11.2. The lowest BCUT2D eigenvalue weighted by molar-refractivity contribution is -0.134. The van der Waals surface area contributed by atoms with E-state index in [4.69, 9.17) is 10.5 Å². The van der Waals surface area contributed by atoms with Gasteiger partial charge in [-0.15, -0.1) is 0 Å². The number of imidazole rings is 1. The van der Waals surface area contributed by atoms with Crippen LogP contribution in [0.5, 0.6) is 11.5 Å². The number of aromatic nitrogens is 4. The van der Waals surface area contributed by atoms with Gasteiger partial charge in [0.05, 0.1) is 11.7 Å². The predicted octanol–water partition coefficient (Wildman–Crippen LogP) is 3.78. The molecule has 11 heteroatoms. The SMILES string of the molecule is CC(C)NC(C)(C)/C=C(/C#N)C(=O)N1CC[C@H]1Cn1c(=O)n(-c2ccc(Oc3ccccc3)cc2)c2c(N)ncnc21. The largest absolute Gasteiger partial charge is 0.457 e. The number of nitrogen functional groups attached to an aromatic ring is 1. The van der Waals surface area contributed by atoms with Crippen molar-refractivity contribution in [3.05, 3.63) is 83.1 Å². The lowest BCUT2D eigenvalue weighted by Crippen LogP contribution is -2.54. The molecule has 1 aliphatic heterocycles. The summed E-state index contributed by atoms with van der Waals surface area (Å²) in [5.41, 5.74) is 6.74. The number of fused-ring (bicyclic) bond motifs is 1. The van der Waals surface area contributed by atoms with Crippen LogP contribution in [-0.4, -0.2) is 54.1 Å². The highest BCUT2D eigenvalue weighted by Gasteiger charge is 2.36. The number of likely N-dealkylation sites (tertiary alicyclic amines) is 1. The Morgan fingerprint density at radius 1 is 1.17 bits per heavy atom. The van der Waals surface area contributed by atoms with Crippen LogP contribution in [0.3, 0.4) is 0 Å². The molecule has 1 aliphatic rings. The number of hydrogen-bond acceptors (Lipinski definition) is 8. The van der Waals surface area contributed by atoms with Crippen molar-refractivity contribution in [1.82, 2.24) is 29.3 Å². The van der Waals surface area contributed by atoms with Crippen molar-refractivity contribution in [1.29, 1.82) is 5.26 Å². The fourth-order valence-electron chi connectivity index (χ4n) is 5.35. The molecule has 5 rings (SSSR count). The molecule has 3 heterocycles. The minimum Gasteiger partial charge on any atom is -0.457 e. The second kappa shape index (κ2) is 11.5. The van der Waals surface area contributed by atoms with Gasteiger partial charge in [0.1, 0.15) is 35.0 Å². The highest BCUT2D eigenvalue weighted by molar-refractivity contribution is 5.98. The van der Waals surface area contributed by atoms with Gasteiger partial charge in [-0.2, -0.15) is 5.26 Å². The van der Waals surface area contributed by atoms with Crippen LogP contribution >= 0.6 is 0 Å². The molecule has 1 saturated heterocycles. The summed E-state index contributed by atoms with van der Waals surface area (Å²) in [7, 11) is 0. The van der Waals surface area contributed by atoms with Crippen molar-refractivity contribution in [2.24, 2.45) is 0 Å². The summed E-state index contributed by atoms with van der Waals surface area (Å²) in [5.74, 6) is 1.12. The van der Waals surface area contributed by atoms with Crippen LogP contribution in [0.15, 0.2) is 77.4 Å². The number of carbonyl (C=O) groups excluding carboxylic acids is 1. The van der Waals surface area contributed by atoms with E-state index in [0.29, 0.717) is 41.3 Å². The first-order chi connectivity index (χ1) is 20.1. The number of anilines is 1. The molecule has 0 saturated carbocycles. The molecule has 216 valence electrons. The van der Waals surface area contributed by atoms with Gasteiger partial charge >= 0.3 is 5.69 Å².